The Kier molecular flexibility index (Phi) is 4.17. The van der Waals surface area contributed by atoms with Gasteiger partial charge in [0.05, 0.1) is 11.9 Å². The lowest BCUT2D eigenvalue weighted by Crippen LogP contribution is -2.30. The number of thiocarbonyl (C=S) groups is 1. The van der Waals surface area contributed by atoms with E-state index in [0.717, 1.165) is 11.4 Å². The van der Waals surface area contributed by atoms with Crippen LogP contribution in [0.15, 0.2) is 23.3 Å². The molecule has 0 bridgehead atoms. The largest absolute Gasteiger partial charge is 0.354 e. The van der Waals surface area contributed by atoms with E-state index in [1.54, 1.807) is 11.1 Å². The molecule has 15 heavy (non-hydrogen) atoms. The molecular weight excluding hydrogens is 208 g/mol. The molecule has 0 unspecified atom stereocenters. The fourth-order valence-electron chi connectivity index (χ4n) is 0.890. The summed E-state index contributed by atoms with van der Waals surface area (Å²) < 4.78 is 0. The maximum absolute atomic E-state index is 5.00. The fraction of sp³-hybridized carbons (Fsp3) is 0.300. The second-order valence-corrected chi connectivity index (χ2v) is 3.66. The van der Waals surface area contributed by atoms with E-state index in [9.17, 15) is 0 Å². The molecule has 1 rings (SSSR count). The van der Waals surface area contributed by atoms with E-state index in [-0.39, 0.29) is 0 Å². The maximum Gasteiger partial charge on any atom is 0.189 e. The number of rotatable bonds is 2. The van der Waals surface area contributed by atoms with Gasteiger partial charge in [-0.1, -0.05) is 6.07 Å². The van der Waals surface area contributed by atoms with Crippen molar-refractivity contribution in [2.24, 2.45) is 5.10 Å². The minimum Gasteiger partial charge on any atom is -0.354 e. The lowest BCUT2D eigenvalue weighted by Gasteiger charge is -2.11. The molecule has 0 aliphatic carbocycles. The number of hydrogen-bond donors (Lipinski definition) is 1. The highest BCUT2D eigenvalue weighted by Crippen LogP contribution is 1.94. The summed E-state index contributed by atoms with van der Waals surface area (Å²) >= 11 is 5.00. The van der Waals surface area contributed by atoms with Crippen LogP contribution in [-0.4, -0.2) is 35.3 Å². The van der Waals surface area contributed by atoms with Crippen LogP contribution >= 0.6 is 12.2 Å². The molecule has 80 valence electrons. The monoisotopic (exact) mass is 222 g/mol. The van der Waals surface area contributed by atoms with E-state index in [0.29, 0.717) is 5.11 Å². The van der Waals surface area contributed by atoms with Gasteiger partial charge in [0.2, 0.25) is 0 Å². The predicted molar refractivity (Wildman–Crippen MR) is 66.0 cm³/mol. The van der Waals surface area contributed by atoms with Crippen LogP contribution < -0.4 is 5.43 Å². The topological polar surface area (TPSA) is 40.5 Å². The zero-order valence-corrected chi connectivity index (χ0v) is 9.88. The quantitative estimate of drug-likeness (QED) is 0.463. The van der Waals surface area contributed by atoms with E-state index in [1.165, 1.54) is 0 Å². The average Bonchev–Trinajstić information content (AvgIpc) is 2.17. The van der Waals surface area contributed by atoms with Gasteiger partial charge in [-0.25, -0.2) is 0 Å². The molecule has 0 saturated carbocycles. The number of nitrogens with zero attached hydrogens (tertiary/aromatic N) is 3. The normalized spacial score (nSPS) is 10.3. The van der Waals surface area contributed by atoms with Crippen molar-refractivity contribution in [3.05, 3.63) is 29.6 Å². The van der Waals surface area contributed by atoms with Gasteiger partial charge < -0.3 is 4.90 Å². The molecule has 5 heteroatoms. The summed E-state index contributed by atoms with van der Waals surface area (Å²) in [6.45, 7) is 1.94. The lowest BCUT2D eigenvalue weighted by atomic mass is 10.3. The van der Waals surface area contributed by atoms with Crippen LogP contribution in [0.25, 0.3) is 0 Å². The Bertz CT molecular complexity index is 373. The van der Waals surface area contributed by atoms with Gasteiger partial charge in [-0.3, -0.25) is 10.4 Å². The summed E-state index contributed by atoms with van der Waals surface area (Å²) in [6.07, 6.45) is 1.64. The van der Waals surface area contributed by atoms with Gasteiger partial charge in [-0.2, -0.15) is 5.10 Å². The van der Waals surface area contributed by atoms with Crippen LogP contribution in [0.4, 0.5) is 0 Å². The Morgan fingerprint density at radius 2 is 2.27 bits per heavy atom. The zero-order chi connectivity index (χ0) is 11.3. The molecule has 0 aliphatic rings. The summed E-state index contributed by atoms with van der Waals surface area (Å²) in [5.41, 5.74) is 4.51. The molecule has 0 amide bonds. The smallest absolute Gasteiger partial charge is 0.189 e. The third-order valence-corrected chi connectivity index (χ3v) is 2.13. The highest BCUT2D eigenvalue weighted by Gasteiger charge is 1.94. The molecule has 0 aliphatic heterocycles. The van der Waals surface area contributed by atoms with Crippen molar-refractivity contribution in [1.82, 2.24) is 15.3 Å². The summed E-state index contributed by atoms with van der Waals surface area (Å²) in [4.78, 5) is 6.04. The number of hydrogen-bond acceptors (Lipinski definition) is 3. The Balaban J connectivity index is 2.55. The molecule has 0 radical (unpaired) electrons. The third kappa shape index (κ3) is 4.03. The minimum atomic E-state index is 0.568. The molecule has 1 N–H and O–H groups in total. The third-order valence-electron chi connectivity index (χ3n) is 1.67. The number of hydrazone groups is 1. The van der Waals surface area contributed by atoms with Crippen molar-refractivity contribution in [3.63, 3.8) is 0 Å². The fourth-order valence-corrected chi connectivity index (χ4v) is 0.942. The van der Waals surface area contributed by atoms with Crippen LogP contribution in [0.2, 0.25) is 0 Å². The summed E-state index contributed by atoms with van der Waals surface area (Å²) in [5, 5.41) is 4.55. The van der Waals surface area contributed by atoms with Gasteiger partial charge in [0.25, 0.3) is 0 Å². The summed E-state index contributed by atoms with van der Waals surface area (Å²) in [5.74, 6) is 0. The molecule has 1 heterocycles. The van der Waals surface area contributed by atoms with Crippen molar-refractivity contribution in [1.29, 1.82) is 0 Å². The molecule has 0 spiro atoms. The van der Waals surface area contributed by atoms with Gasteiger partial charge in [0.1, 0.15) is 0 Å². The molecule has 0 aromatic carbocycles. The van der Waals surface area contributed by atoms with Gasteiger partial charge in [-0.05, 0) is 31.3 Å². The first-order valence-electron chi connectivity index (χ1n) is 4.53. The van der Waals surface area contributed by atoms with Crippen LogP contribution in [0.3, 0.4) is 0 Å². The molecule has 4 nitrogen and oxygen atoms in total. The standard InChI is InChI=1S/C10H14N4S/c1-8-5-4-6-9(12-8)7-11-13-10(15)14(2)3/h4-7H,1-3H3,(H,13,15). The predicted octanol–water partition coefficient (Wildman–Crippen LogP) is 1.16. The van der Waals surface area contributed by atoms with Crippen molar-refractivity contribution in [2.75, 3.05) is 14.1 Å². The van der Waals surface area contributed by atoms with Crippen molar-refractivity contribution < 1.29 is 0 Å². The Hall–Kier alpha value is -1.49. The highest BCUT2D eigenvalue weighted by atomic mass is 32.1. The van der Waals surface area contributed by atoms with Crippen molar-refractivity contribution in [2.45, 2.75) is 6.92 Å². The summed E-state index contributed by atoms with van der Waals surface area (Å²) in [6, 6.07) is 5.76. The number of aryl methyl sites for hydroxylation is 1. The second-order valence-electron chi connectivity index (χ2n) is 3.27. The van der Waals surface area contributed by atoms with Gasteiger partial charge in [-0.15, -0.1) is 0 Å². The van der Waals surface area contributed by atoms with Crippen molar-refractivity contribution in [3.8, 4) is 0 Å². The van der Waals surface area contributed by atoms with Crippen molar-refractivity contribution >= 4 is 23.5 Å². The number of aromatic nitrogens is 1. The van der Waals surface area contributed by atoms with E-state index in [4.69, 9.17) is 12.2 Å². The van der Waals surface area contributed by atoms with Crippen LogP contribution in [0.1, 0.15) is 11.4 Å². The van der Waals surface area contributed by atoms with Gasteiger partial charge in [0.15, 0.2) is 5.11 Å². The SMILES string of the molecule is Cc1cccc(C=NNC(=S)N(C)C)n1. The number of pyridine rings is 1. The highest BCUT2D eigenvalue weighted by molar-refractivity contribution is 7.80. The average molecular weight is 222 g/mol. The van der Waals surface area contributed by atoms with Gasteiger partial charge >= 0.3 is 0 Å². The lowest BCUT2D eigenvalue weighted by molar-refractivity contribution is 0.606. The van der Waals surface area contributed by atoms with Crippen LogP contribution in [0.5, 0.6) is 0 Å². The Labute approximate surface area is 95.0 Å². The van der Waals surface area contributed by atoms with E-state index in [1.807, 2.05) is 39.2 Å². The Morgan fingerprint density at radius 1 is 1.53 bits per heavy atom. The number of nitrogens with one attached hydrogen (secondary N) is 1. The van der Waals surface area contributed by atoms with E-state index in [2.05, 4.69) is 15.5 Å². The van der Waals surface area contributed by atoms with E-state index >= 15 is 0 Å². The maximum atomic E-state index is 5.00. The van der Waals surface area contributed by atoms with E-state index < -0.39 is 0 Å². The molecule has 0 fully saturated rings. The molecule has 1 aromatic rings. The second kappa shape index (κ2) is 5.41. The van der Waals surface area contributed by atoms with Crippen LogP contribution in [0, 0.1) is 6.92 Å². The van der Waals surface area contributed by atoms with Crippen LogP contribution in [-0.2, 0) is 0 Å². The molecular formula is C10H14N4S. The molecule has 1 aromatic heterocycles. The van der Waals surface area contributed by atoms with Gasteiger partial charge in [0, 0.05) is 19.8 Å². The summed E-state index contributed by atoms with van der Waals surface area (Å²) in [7, 11) is 3.71. The molecule has 0 atom stereocenters. The minimum absolute atomic E-state index is 0.568. The first-order valence-corrected chi connectivity index (χ1v) is 4.94. The first-order chi connectivity index (χ1) is 7.09. The Morgan fingerprint density at radius 3 is 2.87 bits per heavy atom. The molecule has 0 saturated heterocycles. The first kappa shape index (κ1) is 11.6. The zero-order valence-electron chi connectivity index (χ0n) is 9.06.